The molecule has 0 aromatic rings. The first-order chi connectivity index (χ1) is 7.37. The quantitative estimate of drug-likeness (QED) is 0.739. The van der Waals surface area contributed by atoms with Crippen LogP contribution in [-0.4, -0.2) is 30.7 Å². The maximum atomic E-state index is 11.6. The molecule has 1 aliphatic rings. The van der Waals surface area contributed by atoms with Crippen molar-refractivity contribution in [3.63, 3.8) is 0 Å². The summed E-state index contributed by atoms with van der Waals surface area (Å²) < 4.78 is 5.61. The number of rotatable bonds is 5. The van der Waals surface area contributed by atoms with Gasteiger partial charge in [0.1, 0.15) is 0 Å². The van der Waals surface area contributed by atoms with Crippen molar-refractivity contribution in [2.24, 2.45) is 11.1 Å². The number of hydrogen-bond acceptors (Lipinski definition) is 3. The van der Waals surface area contributed by atoms with Gasteiger partial charge in [0.15, 0.2) is 0 Å². The predicted molar refractivity (Wildman–Crippen MR) is 64.0 cm³/mol. The highest BCUT2D eigenvalue weighted by Gasteiger charge is 2.49. The van der Waals surface area contributed by atoms with E-state index in [0.29, 0.717) is 6.42 Å². The molecule has 1 saturated carbocycles. The Hall–Kier alpha value is -0.610. The van der Waals surface area contributed by atoms with Gasteiger partial charge in [-0.25, -0.2) is 0 Å². The van der Waals surface area contributed by atoms with Crippen LogP contribution in [0, 0.1) is 5.41 Å². The lowest BCUT2D eigenvalue weighted by molar-refractivity contribution is -0.136. The van der Waals surface area contributed by atoms with Crippen molar-refractivity contribution < 1.29 is 9.53 Å². The standard InChI is InChI=1S/C12H24N2O2/c1-5-16-10-7-9(12(10,3)4)14-11(15)6-8(2)13/h8-10H,5-7,13H2,1-4H3,(H,14,15). The van der Waals surface area contributed by atoms with E-state index in [1.807, 2.05) is 13.8 Å². The molecule has 1 fully saturated rings. The van der Waals surface area contributed by atoms with Crippen LogP contribution < -0.4 is 11.1 Å². The van der Waals surface area contributed by atoms with Crippen LogP contribution in [0.25, 0.3) is 0 Å². The first kappa shape index (κ1) is 13.5. The lowest BCUT2D eigenvalue weighted by Gasteiger charge is -2.51. The number of ether oxygens (including phenoxy) is 1. The van der Waals surface area contributed by atoms with E-state index in [-0.39, 0.29) is 29.5 Å². The minimum atomic E-state index is -0.0779. The van der Waals surface area contributed by atoms with Gasteiger partial charge in [-0.05, 0) is 20.3 Å². The fourth-order valence-corrected chi connectivity index (χ4v) is 2.16. The summed E-state index contributed by atoms with van der Waals surface area (Å²) in [6.07, 6.45) is 1.57. The molecule has 0 bridgehead atoms. The molecule has 1 amide bonds. The fourth-order valence-electron chi connectivity index (χ4n) is 2.16. The van der Waals surface area contributed by atoms with Crippen LogP contribution in [0.1, 0.15) is 40.5 Å². The summed E-state index contributed by atoms with van der Waals surface area (Å²) in [6.45, 7) is 8.84. The number of amides is 1. The van der Waals surface area contributed by atoms with Crippen molar-refractivity contribution in [2.75, 3.05) is 6.61 Å². The Morgan fingerprint density at radius 1 is 1.62 bits per heavy atom. The molecule has 3 unspecified atom stereocenters. The van der Waals surface area contributed by atoms with Gasteiger partial charge in [-0.2, -0.15) is 0 Å². The Kier molecular flexibility index (Phi) is 4.33. The van der Waals surface area contributed by atoms with Gasteiger partial charge >= 0.3 is 0 Å². The zero-order valence-corrected chi connectivity index (χ0v) is 10.7. The lowest BCUT2D eigenvalue weighted by atomic mass is 9.64. The second-order valence-electron chi connectivity index (χ2n) is 5.30. The summed E-state index contributed by atoms with van der Waals surface area (Å²) in [4.78, 5) is 11.6. The lowest BCUT2D eigenvalue weighted by Crippen LogP contribution is -2.62. The Balaban J connectivity index is 2.38. The zero-order chi connectivity index (χ0) is 12.3. The molecular weight excluding hydrogens is 204 g/mol. The number of carbonyl (C=O) groups is 1. The third-order valence-corrected chi connectivity index (χ3v) is 3.39. The fraction of sp³-hybridized carbons (Fsp3) is 0.917. The van der Waals surface area contributed by atoms with E-state index < -0.39 is 0 Å². The first-order valence-electron chi connectivity index (χ1n) is 6.04. The number of nitrogens with two attached hydrogens (primary N) is 1. The van der Waals surface area contributed by atoms with Crippen LogP contribution in [0.15, 0.2) is 0 Å². The largest absolute Gasteiger partial charge is 0.378 e. The molecule has 0 spiro atoms. The molecule has 0 aliphatic heterocycles. The number of nitrogens with one attached hydrogen (secondary N) is 1. The van der Waals surface area contributed by atoms with E-state index in [1.54, 1.807) is 0 Å². The third-order valence-electron chi connectivity index (χ3n) is 3.39. The van der Waals surface area contributed by atoms with E-state index in [0.717, 1.165) is 13.0 Å². The average molecular weight is 228 g/mol. The van der Waals surface area contributed by atoms with Gasteiger partial charge < -0.3 is 15.8 Å². The molecule has 0 aromatic heterocycles. The van der Waals surface area contributed by atoms with E-state index in [4.69, 9.17) is 10.5 Å². The SMILES string of the molecule is CCOC1CC(NC(=O)CC(C)N)C1(C)C. The molecule has 4 nitrogen and oxygen atoms in total. The van der Waals surface area contributed by atoms with Crippen molar-refractivity contribution in [2.45, 2.75) is 58.7 Å². The van der Waals surface area contributed by atoms with Crippen LogP contribution in [-0.2, 0) is 9.53 Å². The highest BCUT2D eigenvalue weighted by atomic mass is 16.5. The minimum absolute atomic E-state index is 0.0313. The van der Waals surface area contributed by atoms with Gasteiger partial charge in [0.2, 0.25) is 5.91 Å². The van der Waals surface area contributed by atoms with Crippen LogP contribution in [0.2, 0.25) is 0 Å². The van der Waals surface area contributed by atoms with Crippen molar-refractivity contribution in [1.82, 2.24) is 5.32 Å². The summed E-state index contributed by atoms with van der Waals surface area (Å²) in [5, 5.41) is 3.03. The molecule has 0 aromatic carbocycles. The Morgan fingerprint density at radius 2 is 2.25 bits per heavy atom. The van der Waals surface area contributed by atoms with Gasteiger partial charge in [-0.1, -0.05) is 13.8 Å². The normalized spacial score (nSPS) is 29.3. The molecule has 16 heavy (non-hydrogen) atoms. The monoisotopic (exact) mass is 228 g/mol. The summed E-state index contributed by atoms with van der Waals surface area (Å²) in [5.74, 6) is 0.0445. The summed E-state index contributed by atoms with van der Waals surface area (Å²) >= 11 is 0. The molecule has 0 saturated heterocycles. The zero-order valence-electron chi connectivity index (χ0n) is 10.7. The van der Waals surface area contributed by atoms with Gasteiger partial charge in [-0.15, -0.1) is 0 Å². The molecular formula is C12H24N2O2. The Morgan fingerprint density at radius 3 is 2.69 bits per heavy atom. The molecule has 1 rings (SSSR count). The molecule has 0 radical (unpaired) electrons. The Bertz CT molecular complexity index is 251. The molecule has 1 aliphatic carbocycles. The maximum absolute atomic E-state index is 11.6. The predicted octanol–water partition coefficient (Wildman–Crippen LogP) is 1.04. The molecule has 4 heteroatoms. The van der Waals surface area contributed by atoms with Crippen molar-refractivity contribution in [3.8, 4) is 0 Å². The van der Waals surface area contributed by atoms with E-state index in [2.05, 4.69) is 19.2 Å². The van der Waals surface area contributed by atoms with E-state index in [9.17, 15) is 4.79 Å². The molecule has 3 atom stereocenters. The van der Waals surface area contributed by atoms with Crippen molar-refractivity contribution >= 4 is 5.91 Å². The highest BCUT2D eigenvalue weighted by molar-refractivity contribution is 5.77. The van der Waals surface area contributed by atoms with E-state index in [1.165, 1.54) is 0 Å². The van der Waals surface area contributed by atoms with Gasteiger partial charge in [-0.3, -0.25) is 4.79 Å². The second kappa shape index (κ2) is 5.15. The second-order valence-corrected chi connectivity index (χ2v) is 5.30. The average Bonchev–Trinajstić information content (AvgIpc) is 2.15. The Labute approximate surface area is 97.9 Å². The van der Waals surface area contributed by atoms with Crippen molar-refractivity contribution in [3.05, 3.63) is 0 Å². The van der Waals surface area contributed by atoms with E-state index >= 15 is 0 Å². The topological polar surface area (TPSA) is 64.3 Å². The third kappa shape index (κ3) is 2.95. The molecule has 94 valence electrons. The summed E-state index contributed by atoms with van der Waals surface area (Å²) in [5.41, 5.74) is 5.62. The maximum Gasteiger partial charge on any atom is 0.221 e. The first-order valence-corrected chi connectivity index (χ1v) is 6.04. The van der Waals surface area contributed by atoms with Crippen LogP contribution in [0.5, 0.6) is 0 Å². The molecule has 0 heterocycles. The molecule has 3 N–H and O–H groups in total. The summed E-state index contributed by atoms with van der Waals surface area (Å²) in [7, 11) is 0. The highest BCUT2D eigenvalue weighted by Crippen LogP contribution is 2.42. The van der Waals surface area contributed by atoms with Crippen LogP contribution in [0.4, 0.5) is 0 Å². The van der Waals surface area contributed by atoms with Gasteiger partial charge in [0.05, 0.1) is 6.10 Å². The number of hydrogen-bond donors (Lipinski definition) is 2. The van der Waals surface area contributed by atoms with Crippen LogP contribution >= 0.6 is 0 Å². The minimum Gasteiger partial charge on any atom is -0.378 e. The van der Waals surface area contributed by atoms with Gasteiger partial charge in [0, 0.05) is 30.5 Å². The summed E-state index contributed by atoms with van der Waals surface area (Å²) in [6, 6.07) is 0.140. The smallest absolute Gasteiger partial charge is 0.221 e. The van der Waals surface area contributed by atoms with Gasteiger partial charge in [0.25, 0.3) is 0 Å². The van der Waals surface area contributed by atoms with Crippen LogP contribution in [0.3, 0.4) is 0 Å². The van der Waals surface area contributed by atoms with Crippen molar-refractivity contribution in [1.29, 1.82) is 0 Å². The number of carbonyl (C=O) groups excluding carboxylic acids is 1.